The molecule has 1 heterocycles. The van der Waals surface area contributed by atoms with Gasteiger partial charge in [0.25, 0.3) is 0 Å². The molecule has 2 aromatic rings. The minimum Gasteiger partial charge on any atom is -0.367 e. The van der Waals surface area contributed by atoms with E-state index in [9.17, 15) is 0 Å². The van der Waals surface area contributed by atoms with Gasteiger partial charge in [0.15, 0.2) is 0 Å². The lowest BCUT2D eigenvalue weighted by Gasteiger charge is -2.10. The standard InChI is InChI=1S/C11H13N3/c1-8(2)14-11-9-5-3-4-6-10(9)12-7-13-11/h3-8H,1-2H3,(H,12,13,14). The Morgan fingerprint density at radius 1 is 1.14 bits per heavy atom. The summed E-state index contributed by atoms with van der Waals surface area (Å²) in [6.45, 7) is 4.19. The number of aromatic nitrogens is 2. The molecule has 0 aliphatic heterocycles. The molecular weight excluding hydrogens is 174 g/mol. The lowest BCUT2D eigenvalue weighted by atomic mass is 10.2. The summed E-state index contributed by atoms with van der Waals surface area (Å²) in [6, 6.07) is 8.38. The number of benzene rings is 1. The van der Waals surface area contributed by atoms with E-state index in [-0.39, 0.29) is 0 Å². The number of hydrogen-bond donors (Lipinski definition) is 1. The van der Waals surface area contributed by atoms with Crippen LogP contribution in [0.5, 0.6) is 0 Å². The van der Waals surface area contributed by atoms with Crippen molar-refractivity contribution in [3.05, 3.63) is 30.6 Å². The van der Waals surface area contributed by atoms with Crippen LogP contribution in [0, 0.1) is 0 Å². The summed E-state index contributed by atoms with van der Waals surface area (Å²) in [5.41, 5.74) is 0.977. The highest BCUT2D eigenvalue weighted by Gasteiger charge is 2.02. The van der Waals surface area contributed by atoms with Crippen LogP contribution >= 0.6 is 0 Å². The van der Waals surface area contributed by atoms with Gasteiger partial charge < -0.3 is 5.32 Å². The molecule has 3 heteroatoms. The molecule has 0 unspecified atom stereocenters. The average molecular weight is 187 g/mol. The van der Waals surface area contributed by atoms with Crippen molar-refractivity contribution in [3.63, 3.8) is 0 Å². The summed E-state index contributed by atoms with van der Waals surface area (Å²) in [5.74, 6) is 0.908. The molecule has 1 N–H and O–H groups in total. The van der Waals surface area contributed by atoms with E-state index < -0.39 is 0 Å². The Labute approximate surface area is 83.2 Å². The first-order valence-electron chi connectivity index (χ1n) is 4.73. The summed E-state index contributed by atoms with van der Waals surface area (Å²) < 4.78 is 0. The van der Waals surface area contributed by atoms with E-state index in [2.05, 4.69) is 29.1 Å². The Kier molecular flexibility index (Phi) is 2.31. The Hall–Kier alpha value is -1.64. The summed E-state index contributed by atoms with van der Waals surface area (Å²) in [5, 5.41) is 4.37. The van der Waals surface area contributed by atoms with Crippen LogP contribution in [0.1, 0.15) is 13.8 Å². The van der Waals surface area contributed by atoms with Crippen molar-refractivity contribution in [1.29, 1.82) is 0 Å². The minimum absolute atomic E-state index is 0.383. The quantitative estimate of drug-likeness (QED) is 0.784. The molecule has 3 nitrogen and oxygen atoms in total. The Bertz CT molecular complexity index is 432. The van der Waals surface area contributed by atoms with Crippen molar-refractivity contribution in [2.45, 2.75) is 19.9 Å². The smallest absolute Gasteiger partial charge is 0.137 e. The number of nitrogens with zero attached hydrogens (tertiary/aromatic N) is 2. The molecule has 0 spiro atoms. The summed E-state index contributed by atoms with van der Waals surface area (Å²) in [4.78, 5) is 8.42. The van der Waals surface area contributed by atoms with Gasteiger partial charge in [-0.15, -0.1) is 0 Å². The van der Waals surface area contributed by atoms with E-state index in [1.165, 1.54) is 0 Å². The van der Waals surface area contributed by atoms with Crippen LogP contribution < -0.4 is 5.32 Å². The third-order valence-corrected chi connectivity index (χ3v) is 1.97. The van der Waals surface area contributed by atoms with Crippen LogP contribution in [0.4, 0.5) is 5.82 Å². The molecule has 0 saturated carbocycles. The number of rotatable bonds is 2. The molecular formula is C11H13N3. The molecule has 0 fully saturated rings. The molecule has 1 aromatic heterocycles. The van der Waals surface area contributed by atoms with Crippen LogP contribution in [-0.4, -0.2) is 16.0 Å². The molecule has 14 heavy (non-hydrogen) atoms. The second-order valence-corrected chi connectivity index (χ2v) is 3.54. The largest absolute Gasteiger partial charge is 0.367 e. The van der Waals surface area contributed by atoms with Gasteiger partial charge in [0.1, 0.15) is 12.1 Å². The van der Waals surface area contributed by atoms with E-state index >= 15 is 0 Å². The first kappa shape index (κ1) is 8.94. The maximum Gasteiger partial charge on any atom is 0.137 e. The Morgan fingerprint density at radius 2 is 1.93 bits per heavy atom. The minimum atomic E-state index is 0.383. The second kappa shape index (κ2) is 3.62. The Morgan fingerprint density at radius 3 is 2.71 bits per heavy atom. The van der Waals surface area contributed by atoms with Crippen molar-refractivity contribution in [2.75, 3.05) is 5.32 Å². The van der Waals surface area contributed by atoms with Crippen LogP contribution in [0.3, 0.4) is 0 Å². The van der Waals surface area contributed by atoms with E-state index in [0.29, 0.717) is 6.04 Å². The predicted octanol–water partition coefficient (Wildman–Crippen LogP) is 2.45. The zero-order valence-corrected chi connectivity index (χ0v) is 8.36. The van der Waals surface area contributed by atoms with Gasteiger partial charge >= 0.3 is 0 Å². The highest BCUT2D eigenvalue weighted by atomic mass is 15.0. The van der Waals surface area contributed by atoms with Gasteiger partial charge in [0, 0.05) is 11.4 Å². The van der Waals surface area contributed by atoms with Crippen molar-refractivity contribution in [1.82, 2.24) is 9.97 Å². The van der Waals surface area contributed by atoms with Crippen molar-refractivity contribution in [3.8, 4) is 0 Å². The number of para-hydroxylation sites is 1. The molecule has 0 atom stereocenters. The van der Waals surface area contributed by atoms with Gasteiger partial charge in [0.05, 0.1) is 5.52 Å². The number of anilines is 1. The molecule has 72 valence electrons. The fourth-order valence-electron chi connectivity index (χ4n) is 1.39. The van der Waals surface area contributed by atoms with Crippen LogP contribution in [0.15, 0.2) is 30.6 Å². The number of hydrogen-bond acceptors (Lipinski definition) is 3. The number of nitrogens with one attached hydrogen (secondary N) is 1. The average Bonchev–Trinajstić information content (AvgIpc) is 2.18. The number of fused-ring (bicyclic) bond motifs is 1. The molecule has 0 aliphatic carbocycles. The third-order valence-electron chi connectivity index (χ3n) is 1.97. The molecule has 0 aliphatic rings. The lowest BCUT2D eigenvalue weighted by molar-refractivity contribution is 0.890. The van der Waals surface area contributed by atoms with Crippen molar-refractivity contribution < 1.29 is 0 Å². The molecule has 0 amide bonds. The third kappa shape index (κ3) is 1.66. The van der Waals surface area contributed by atoms with Gasteiger partial charge in [-0.25, -0.2) is 9.97 Å². The fourth-order valence-corrected chi connectivity index (χ4v) is 1.39. The molecule has 0 bridgehead atoms. The van der Waals surface area contributed by atoms with Gasteiger partial charge in [0.2, 0.25) is 0 Å². The second-order valence-electron chi connectivity index (χ2n) is 3.54. The van der Waals surface area contributed by atoms with Crippen molar-refractivity contribution >= 4 is 16.7 Å². The highest BCUT2D eigenvalue weighted by Crippen LogP contribution is 2.18. The first-order chi connectivity index (χ1) is 6.77. The van der Waals surface area contributed by atoms with Crippen LogP contribution in [-0.2, 0) is 0 Å². The molecule has 0 saturated heterocycles. The summed E-state index contributed by atoms with van der Waals surface area (Å²) >= 11 is 0. The van der Waals surface area contributed by atoms with Crippen molar-refractivity contribution in [2.24, 2.45) is 0 Å². The normalized spacial score (nSPS) is 10.8. The monoisotopic (exact) mass is 187 g/mol. The van der Waals surface area contributed by atoms with E-state index in [4.69, 9.17) is 0 Å². The molecule has 0 radical (unpaired) electrons. The van der Waals surface area contributed by atoms with Gasteiger partial charge in [-0.05, 0) is 26.0 Å². The zero-order chi connectivity index (χ0) is 9.97. The van der Waals surface area contributed by atoms with Gasteiger partial charge in [-0.1, -0.05) is 12.1 Å². The van der Waals surface area contributed by atoms with Gasteiger partial charge in [-0.3, -0.25) is 0 Å². The maximum atomic E-state index is 4.22. The Balaban J connectivity index is 2.53. The highest BCUT2D eigenvalue weighted by molar-refractivity contribution is 5.88. The maximum absolute atomic E-state index is 4.22. The molecule has 1 aromatic carbocycles. The zero-order valence-electron chi connectivity index (χ0n) is 8.36. The van der Waals surface area contributed by atoms with Crippen LogP contribution in [0.25, 0.3) is 10.9 Å². The topological polar surface area (TPSA) is 37.8 Å². The summed E-state index contributed by atoms with van der Waals surface area (Å²) in [7, 11) is 0. The molecule has 2 rings (SSSR count). The SMILES string of the molecule is CC(C)Nc1ncnc2ccccc12. The van der Waals surface area contributed by atoms with Gasteiger partial charge in [-0.2, -0.15) is 0 Å². The van der Waals surface area contributed by atoms with Crippen LogP contribution in [0.2, 0.25) is 0 Å². The predicted molar refractivity (Wildman–Crippen MR) is 58.3 cm³/mol. The van der Waals surface area contributed by atoms with E-state index in [0.717, 1.165) is 16.7 Å². The van der Waals surface area contributed by atoms with E-state index in [1.807, 2.05) is 24.3 Å². The first-order valence-corrected chi connectivity index (χ1v) is 4.73. The summed E-state index contributed by atoms with van der Waals surface area (Å²) in [6.07, 6.45) is 1.59. The lowest BCUT2D eigenvalue weighted by Crippen LogP contribution is -2.11. The van der Waals surface area contributed by atoms with E-state index in [1.54, 1.807) is 6.33 Å². The fraction of sp³-hybridized carbons (Fsp3) is 0.273.